The molecule has 0 atom stereocenters. The number of nitrogens with zero attached hydrogens (tertiary/aromatic N) is 4. The maximum atomic E-state index is 4.19. The fourth-order valence-electron chi connectivity index (χ4n) is 1.14. The molecular weight excluding hydrogens is 151 g/mol. The Morgan fingerprint density at radius 1 is 1.17 bits per heavy atom. The second-order valence-corrected chi connectivity index (χ2v) is 2.58. The summed E-state index contributed by atoms with van der Waals surface area (Å²) in [6, 6.07) is 0. The van der Waals surface area contributed by atoms with Crippen LogP contribution in [0.2, 0.25) is 0 Å². The highest BCUT2D eigenvalue weighted by Crippen LogP contribution is 1.98. The zero-order valence-electron chi connectivity index (χ0n) is 6.94. The molecular formula is C7H7BN4. The van der Waals surface area contributed by atoms with Gasteiger partial charge in [-0.15, -0.1) is 0 Å². The van der Waals surface area contributed by atoms with E-state index in [9.17, 15) is 0 Å². The Labute approximate surface area is 70.5 Å². The Bertz CT molecular complexity index is 429. The third-order valence-electron chi connectivity index (χ3n) is 1.62. The summed E-state index contributed by atoms with van der Waals surface area (Å²) in [4.78, 5) is 16.6. The number of rotatable bonds is 0. The van der Waals surface area contributed by atoms with Gasteiger partial charge in [-0.05, 0) is 6.92 Å². The highest BCUT2D eigenvalue weighted by molar-refractivity contribution is 6.36. The van der Waals surface area contributed by atoms with Gasteiger partial charge in [-0.1, -0.05) is 0 Å². The van der Waals surface area contributed by atoms with Gasteiger partial charge in [-0.2, -0.15) is 0 Å². The third kappa shape index (κ3) is 1.03. The molecule has 0 spiro atoms. The predicted molar refractivity (Wildman–Crippen MR) is 48.0 cm³/mol. The van der Waals surface area contributed by atoms with Crippen molar-refractivity contribution in [1.82, 2.24) is 19.9 Å². The first-order valence-corrected chi connectivity index (χ1v) is 3.69. The van der Waals surface area contributed by atoms with E-state index in [2.05, 4.69) is 19.9 Å². The molecule has 0 N–H and O–H groups in total. The molecule has 58 valence electrons. The van der Waals surface area contributed by atoms with Gasteiger partial charge in [-0.3, -0.25) is 4.98 Å². The monoisotopic (exact) mass is 158 g/mol. The van der Waals surface area contributed by atoms with E-state index < -0.39 is 0 Å². The van der Waals surface area contributed by atoms with E-state index in [1.807, 2.05) is 14.8 Å². The van der Waals surface area contributed by atoms with Crippen LogP contribution >= 0.6 is 0 Å². The molecule has 0 fully saturated rings. The molecule has 0 aliphatic heterocycles. The third-order valence-corrected chi connectivity index (χ3v) is 1.62. The molecule has 0 bridgehead atoms. The SMILES string of the molecule is Bc1nc(C)nc2nccnc12. The van der Waals surface area contributed by atoms with Crippen molar-refractivity contribution in [2.24, 2.45) is 0 Å². The van der Waals surface area contributed by atoms with Crippen molar-refractivity contribution in [3.8, 4) is 0 Å². The minimum Gasteiger partial charge on any atom is -0.250 e. The Morgan fingerprint density at radius 2 is 1.92 bits per heavy atom. The smallest absolute Gasteiger partial charge is 0.180 e. The van der Waals surface area contributed by atoms with E-state index in [-0.39, 0.29) is 0 Å². The molecule has 0 aliphatic rings. The molecule has 12 heavy (non-hydrogen) atoms. The summed E-state index contributed by atoms with van der Waals surface area (Å²) in [6.07, 6.45) is 3.28. The topological polar surface area (TPSA) is 51.6 Å². The van der Waals surface area contributed by atoms with Crippen molar-refractivity contribution >= 4 is 24.6 Å². The fraction of sp³-hybridized carbons (Fsp3) is 0.143. The highest BCUT2D eigenvalue weighted by Gasteiger charge is 2.01. The lowest BCUT2D eigenvalue weighted by atomic mass is 10.0. The minimum absolute atomic E-state index is 0.669. The second kappa shape index (κ2) is 2.51. The molecule has 0 saturated carbocycles. The van der Waals surface area contributed by atoms with Crippen LogP contribution in [-0.4, -0.2) is 27.8 Å². The van der Waals surface area contributed by atoms with Crippen LogP contribution in [0.5, 0.6) is 0 Å². The Balaban J connectivity index is 2.89. The van der Waals surface area contributed by atoms with Crippen LogP contribution in [0.15, 0.2) is 12.4 Å². The number of fused-ring (bicyclic) bond motifs is 1. The van der Waals surface area contributed by atoms with Crippen LogP contribution in [0.4, 0.5) is 0 Å². The van der Waals surface area contributed by atoms with Gasteiger partial charge in [0.1, 0.15) is 11.3 Å². The number of aryl methyl sites for hydroxylation is 1. The van der Waals surface area contributed by atoms with Crippen molar-refractivity contribution in [2.45, 2.75) is 6.92 Å². The molecule has 2 aromatic rings. The lowest BCUT2D eigenvalue weighted by Gasteiger charge is -1.99. The Hall–Kier alpha value is -1.52. The van der Waals surface area contributed by atoms with Crippen LogP contribution in [-0.2, 0) is 0 Å². The maximum Gasteiger partial charge on any atom is 0.180 e. The molecule has 5 heteroatoms. The minimum atomic E-state index is 0.669. The van der Waals surface area contributed by atoms with Crippen molar-refractivity contribution in [3.63, 3.8) is 0 Å². The van der Waals surface area contributed by atoms with Crippen LogP contribution in [0, 0.1) is 6.92 Å². The lowest BCUT2D eigenvalue weighted by molar-refractivity contribution is 1.08. The maximum absolute atomic E-state index is 4.19. The van der Waals surface area contributed by atoms with E-state index in [1.54, 1.807) is 12.4 Å². The van der Waals surface area contributed by atoms with Crippen LogP contribution in [0.25, 0.3) is 11.2 Å². The molecule has 0 amide bonds. The van der Waals surface area contributed by atoms with Gasteiger partial charge < -0.3 is 0 Å². The fourth-order valence-corrected chi connectivity index (χ4v) is 1.14. The van der Waals surface area contributed by atoms with Crippen molar-refractivity contribution in [3.05, 3.63) is 18.2 Å². The zero-order chi connectivity index (χ0) is 8.55. The van der Waals surface area contributed by atoms with E-state index in [0.29, 0.717) is 5.65 Å². The predicted octanol–water partition coefficient (Wildman–Crippen LogP) is -1.01. The lowest BCUT2D eigenvalue weighted by Crippen LogP contribution is -2.14. The Kier molecular flexibility index (Phi) is 1.50. The highest BCUT2D eigenvalue weighted by atomic mass is 15.0. The molecule has 2 rings (SSSR count). The molecule has 2 heterocycles. The summed E-state index contributed by atoms with van der Waals surface area (Å²) in [5, 5.41) is 0. The van der Waals surface area contributed by atoms with Crippen LogP contribution in [0.1, 0.15) is 5.82 Å². The summed E-state index contributed by atoms with van der Waals surface area (Å²) in [6.45, 7) is 1.85. The van der Waals surface area contributed by atoms with E-state index in [4.69, 9.17) is 0 Å². The van der Waals surface area contributed by atoms with Crippen LogP contribution in [0.3, 0.4) is 0 Å². The number of hydrogen-bond acceptors (Lipinski definition) is 4. The first-order chi connectivity index (χ1) is 5.77. The van der Waals surface area contributed by atoms with Gasteiger partial charge in [-0.25, -0.2) is 15.0 Å². The average molecular weight is 158 g/mol. The number of hydrogen-bond donors (Lipinski definition) is 0. The van der Waals surface area contributed by atoms with E-state index >= 15 is 0 Å². The van der Waals surface area contributed by atoms with Crippen molar-refractivity contribution in [1.29, 1.82) is 0 Å². The molecule has 0 radical (unpaired) electrons. The standard InChI is InChI=1S/C7H7BN4/c1-4-11-6(8)5-7(12-4)10-3-2-9-5/h2-3H,8H2,1H3. The number of aromatic nitrogens is 4. The Morgan fingerprint density at radius 3 is 2.75 bits per heavy atom. The molecule has 0 unspecified atom stereocenters. The largest absolute Gasteiger partial charge is 0.250 e. The summed E-state index contributed by atoms with van der Waals surface area (Å²) in [5.74, 6) is 0.737. The average Bonchev–Trinajstić information content (AvgIpc) is 2.04. The molecule has 0 saturated heterocycles. The normalized spacial score (nSPS) is 10.4. The molecule has 0 aliphatic carbocycles. The first-order valence-electron chi connectivity index (χ1n) is 3.69. The molecule has 0 aromatic carbocycles. The summed E-state index contributed by atoms with van der Waals surface area (Å²) in [7, 11) is 1.91. The summed E-state index contributed by atoms with van der Waals surface area (Å²) >= 11 is 0. The van der Waals surface area contributed by atoms with E-state index in [0.717, 1.165) is 16.9 Å². The van der Waals surface area contributed by atoms with Gasteiger partial charge in [0.05, 0.1) is 0 Å². The van der Waals surface area contributed by atoms with E-state index in [1.165, 1.54) is 0 Å². The summed E-state index contributed by atoms with van der Waals surface area (Å²) < 4.78 is 0. The van der Waals surface area contributed by atoms with Crippen molar-refractivity contribution < 1.29 is 0 Å². The van der Waals surface area contributed by atoms with Crippen LogP contribution < -0.4 is 5.59 Å². The van der Waals surface area contributed by atoms with Gasteiger partial charge in [0.2, 0.25) is 0 Å². The van der Waals surface area contributed by atoms with Crippen molar-refractivity contribution in [2.75, 3.05) is 0 Å². The quantitative estimate of drug-likeness (QED) is 0.460. The second-order valence-electron chi connectivity index (χ2n) is 2.58. The van der Waals surface area contributed by atoms with Gasteiger partial charge >= 0.3 is 0 Å². The molecule has 2 aromatic heterocycles. The summed E-state index contributed by atoms with van der Waals surface area (Å²) in [5.41, 5.74) is 2.33. The zero-order valence-corrected chi connectivity index (χ0v) is 6.94. The van der Waals surface area contributed by atoms with Gasteiger partial charge in [0, 0.05) is 18.0 Å². The van der Waals surface area contributed by atoms with Gasteiger partial charge in [0.15, 0.2) is 13.5 Å². The molecule has 4 nitrogen and oxygen atoms in total. The van der Waals surface area contributed by atoms with Gasteiger partial charge in [0.25, 0.3) is 0 Å². The first kappa shape index (κ1) is 7.15.